The van der Waals surface area contributed by atoms with Crippen molar-refractivity contribution in [1.82, 2.24) is 4.90 Å². The molecular weight excluding hydrogens is 254 g/mol. The third kappa shape index (κ3) is 3.34. The van der Waals surface area contributed by atoms with E-state index in [-0.39, 0.29) is 0 Å². The van der Waals surface area contributed by atoms with Crippen LogP contribution in [-0.2, 0) is 9.53 Å². The van der Waals surface area contributed by atoms with Gasteiger partial charge in [0.2, 0.25) is 0 Å². The Morgan fingerprint density at radius 2 is 2.20 bits per heavy atom. The van der Waals surface area contributed by atoms with Gasteiger partial charge in [0.05, 0.1) is 11.5 Å². The standard InChI is InChI=1S/C16H29NO3/c1-3-5-14-11-13(6-10-20-14)17-9-8-16(12-17,7-4-2)15(18)19/h13-14H,3-12H2,1-2H3,(H,18,19). The van der Waals surface area contributed by atoms with Gasteiger partial charge in [0.25, 0.3) is 0 Å². The van der Waals surface area contributed by atoms with Gasteiger partial charge in [-0.1, -0.05) is 26.7 Å². The highest BCUT2D eigenvalue weighted by Crippen LogP contribution is 2.38. The molecule has 116 valence electrons. The molecular formula is C16H29NO3. The normalized spacial score (nSPS) is 35.3. The molecule has 0 radical (unpaired) electrons. The van der Waals surface area contributed by atoms with E-state index in [2.05, 4.69) is 18.7 Å². The highest BCUT2D eigenvalue weighted by Gasteiger charge is 2.46. The smallest absolute Gasteiger partial charge is 0.310 e. The van der Waals surface area contributed by atoms with Gasteiger partial charge in [-0.25, -0.2) is 0 Å². The molecule has 1 N–H and O–H groups in total. The summed E-state index contributed by atoms with van der Waals surface area (Å²) in [6, 6.07) is 0.526. The number of ether oxygens (including phenoxy) is 1. The summed E-state index contributed by atoms with van der Waals surface area (Å²) >= 11 is 0. The van der Waals surface area contributed by atoms with Crippen LogP contribution in [0, 0.1) is 5.41 Å². The third-order valence-corrected chi connectivity index (χ3v) is 5.03. The molecule has 0 spiro atoms. The molecule has 4 nitrogen and oxygen atoms in total. The molecule has 0 amide bonds. The number of carbonyl (C=O) groups is 1. The lowest BCUT2D eigenvalue weighted by atomic mass is 9.82. The molecule has 3 unspecified atom stereocenters. The van der Waals surface area contributed by atoms with Gasteiger partial charge in [-0.2, -0.15) is 0 Å². The first-order valence-corrected chi connectivity index (χ1v) is 8.20. The monoisotopic (exact) mass is 283 g/mol. The van der Waals surface area contributed by atoms with Crippen LogP contribution in [0.3, 0.4) is 0 Å². The van der Waals surface area contributed by atoms with Crippen molar-refractivity contribution in [2.75, 3.05) is 19.7 Å². The highest BCUT2D eigenvalue weighted by atomic mass is 16.5. The van der Waals surface area contributed by atoms with Gasteiger partial charge < -0.3 is 9.84 Å². The van der Waals surface area contributed by atoms with Crippen LogP contribution < -0.4 is 0 Å². The molecule has 2 saturated heterocycles. The van der Waals surface area contributed by atoms with Crippen LogP contribution >= 0.6 is 0 Å². The lowest BCUT2D eigenvalue weighted by Gasteiger charge is -2.36. The molecule has 0 aliphatic carbocycles. The van der Waals surface area contributed by atoms with Crippen molar-refractivity contribution in [1.29, 1.82) is 0 Å². The minimum Gasteiger partial charge on any atom is -0.481 e. The predicted octanol–water partition coefficient (Wildman–Crippen LogP) is 2.91. The summed E-state index contributed by atoms with van der Waals surface area (Å²) < 4.78 is 5.81. The molecule has 2 aliphatic heterocycles. The van der Waals surface area contributed by atoms with Crippen LogP contribution in [0.2, 0.25) is 0 Å². The maximum absolute atomic E-state index is 11.7. The first-order valence-electron chi connectivity index (χ1n) is 8.20. The van der Waals surface area contributed by atoms with Crippen LogP contribution in [0.15, 0.2) is 0 Å². The van der Waals surface area contributed by atoms with E-state index in [1.54, 1.807) is 0 Å². The Bertz CT molecular complexity index is 332. The SMILES string of the molecule is CCCC1CC(N2CCC(CCC)(C(=O)O)C2)CCO1. The lowest BCUT2D eigenvalue weighted by Crippen LogP contribution is -2.43. The molecule has 0 aromatic carbocycles. The Kier molecular flexibility index (Phi) is 5.44. The summed E-state index contributed by atoms with van der Waals surface area (Å²) in [5.41, 5.74) is -0.493. The van der Waals surface area contributed by atoms with Crippen molar-refractivity contribution >= 4 is 5.97 Å². The fraction of sp³-hybridized carbons (Fsp3) is 0.938. The van der Waals surface area contributed by atoms with E-state index < -0.39 is 11.4 Å². The number of rotatable bonds is 6. The summed E-state index contributed by atoms with van der Waals surface area (Å²) in [5.74, 6) is -0.598. The fourth-order valence-corrected chi connectivity index (χ4v) is 3.90. The minimum atomic E-state index is -0.598. The quantitative estimate of drug-likeness (QED) is 0.814. The van der Waals surface area contributed by atoms with Crippen molar-refractivity contribution in [3.8, 4) is 0 Å². The molecule has 2 heterocycles. The van der Waals surface area contributed by atoms with Gasteiger partial charge in [0.1, 0.15) is 0 Å². The van der Waals surface area contributed by atoms with Gasteiger partial charge in [-0.05, 0) is 38.6 Å². The summed E-state index contributed by atoms with van der Waals surface area (Å²) in [6.07, 6.45) is 7.37. The average Bonchev–Trinajstić information content (AvgIpc) is 2.86. The molecule has 2 fully saturated rings. The van der Waals surface area contributed by atoms with E-state index in [1.165, 1.54) is 0 Å². The first-order chi connectivity index (χ1) is 9.61. The zero-order valence-corrected chi connectivity index (χ0v) is 12.9. The summed E-state index contributed by atoms with van der Waals surface area (Å²) in [5, 5.41) is 9.60. The van der Waals surface area contributed by atoms with Crippen molar-refractivity contribution < 1.29 is 14.6 Å². The second kappa shape index (κ2) is 6.90. The number of hydrogen-bond donors (Lipinski definition) is 1. The fourth-order valence-electron chi connectivity index (χ4n) is 3.90. The van der Waals surface area contributed by atoms with E-state index in [0.717, 1.165) is 64.6 Å². The molecule has 0 saturated carbocycles. The molecule has 20 heavy (non-hydrogen) atoms. The van der Waals surface area contributed by atoms with Crippen LogP contribution in [-0.4, -0.2) is 47.8 Å². The Labute approximate surface area is 122 Å². The Hall–Kier alpha value is -0.610. The highest BCUT2D eigenvalue weighted by molar-refractivity contribution is 5.75. The maximum Gasteiger partial charge on any atom is 0.310 e. The van der Waals surface area contributed by atoms with Crippen molar-refractivity contribution in [2.24, 2.45) is 5.41 Å². The molecule has 0 aromatic heterocycles. The van der Waals surface area contributed by atoms with Crippen LogP contribution in [0.4, 0.5) is 0 Å². The Morgan fingerprint density at radius 1 is 1.40 bits per heavy atom. The largest absolute Gasteiger partial charge is 0.481 e. The van der Waals surface area contributed by atoms with Gasteiger partial charge in [-0.3, -0.25) is 9.69 Å². The number of likely N-dealkylation sites (tertiary alicyclic amines) is 1. The minimum absolute atomic E-state index is 0.379. The maximum atomic E-state index is 11.7. The van der Waals surface area contributed by atoms with Gasteiger partial charge in [0, 0.05) is 19.2 Å². The van der Waals surface area contributed by atoms with E-state index >= 15 is 0 Å². The van der Waals surface area contributed by atoms with E-state index in [1.807, 2.05) is 0 Å². The Balaban J connectivity index is 1.95. The number of carboxylic acid groups (broad SMARTS) is 1. The second-order valence-electron chi connectivity index (χ2n) is 6.52. The van der Waals surface area contributed by atoms with Gasteiger partial charge in [0.15, 0.2) is 0 Å². The molecule has 0 bridgehead atoms. The molecule has 0 aromatic rings. The number of aliphatic carboxylic acids is 1. The first kappa shape index (κ1) is 15.8. The number of hydrogen-bond acceptors (Lipinski definition) is 3. The van der Waals surface area contributed by atoms with E-state index in [4.69, 9.17) is 4.74 Å². The molecule has 2 aliphatic rings. The zero-order chi connectivity index (χ0) is 14.6. The summed E-state index contributed by atoms with van der Waals surface area (Å²) in [6.45, 7) is 6.79. The van der Waals surface area contributed by atoms with Gasteiger partial charge >= 0.3 is 5.97 Å². The summed E-state index contributed by atoms with van der Waals surface area (Å²) in [4.78, 5) is 14.1. The van der Waals surface area contributed by atoms with Crippen LogP contribution in [0.25, 0.3) is 0 Å². The molecule has 4 heteroatoms. The molecule has 2 rings (SSSR count). The second-order valence-corrected chi connectivity index (χ2v) is 6.52. The van der Waals surface area contributed by atoms with Crippen LogP contribution in [0.5, 0.6) is 0 Å². The van der Waals surface area contributed by atoms with Crippen LogP contribution in [0.1, 0.15) is 58.8 Å². The zero-order valence-electron chi connectivity index (χ0n) is 12.9. The molecule has 3 atom stereocenters. The number of carboxylic acids is 1. The van der Waals surface area contributed by atoms with E-state index in [9.17, 15) is 9.90 Å². The van der Waals surface area contributed by atoms with Crippen molar-refractivity contribution in [3.63, 3.8) is 0 Å². The van der Waals surface area contributed by atoms with Crippen molar-refractivity contribution in [3.05, 3.63) is 0 Å². The summed E-state index contributed by atoms with van der Waals surface area (Å²) in [7, 11) is 0. The van der Waals surface area contributed by atoms with E-state index in [0.29, 0.717) is 12.1 Å². The van der Waals surface area contributed by atoms with Crippen molar-refractivity contribution in [2.45, 2.75) is 70.9 Å². The average molecular weight is 283 g/mol. The van der Waals surface area contributed by atoms with Gasteiger partial charge in [-0.15, -0.1) is 0 Å². The predicted molar refractivity (Wildman–Crippen MR) is 78.8 cm³/mol. The number of nitrogens with zero attached hydrogens (tertiary/aromatic N) is 1. The third-order valence-electron chi connectivity index (χ3n) is 5.03. The Morgan fingerprint density at radius 3 is 2.85 bits per heavy atom. The lowest BCUT2D eigenvalue weighted by molar-refractivity contribution is -0.148. The topological polar surface area (TPSA) is 49.8 Å².